The van der Waals surface area contributed by atoms with E-state index in [2.05, 4.69) is 24.5 Å². The van der Waals surface area contributed by atoms with Gasteiger partial charge in [0.15, 0.2) is 0 Å². The van der Waals surface area contributed by atoms with E-state index in [0.717, 1.165) is 42.8 Å². The lowest BCUT2D eigenvalue weighted by molar-refractivity contribution is 0.185. The largest absolute Gasteiger partial charge is 0.493 e. The molecule has 0 atom stereocenters. The van der Waals surface area contributed by atoms with Crippen LogP contribution in [-0.2, 0) is 13.1 Å². The van der Waals surface area contributed by atoms with Crippen LogP contribution >= 0.6 is 23.2 Å². The van der Waals surface area contributed by atoms with Crippen LogP contribution in [0.15, 0.2) is 42.5 Å². The first-order valence-corrected chi connectivity index (χ1v) is 11.6. The first-order valence-electron chi connectivity index (χ1n) is 10.8. The number of nitrogens with one attached hydrogen (secondary N) is 2. The van der Waals surface area contributed by atoms with Crippen molar-refractivity contribution in [3.05, 3.63) is 63.6 Å². The predicted octanol–water partition coefficient (Wildman–Crippen LogP) is 5.49. The van der Waals surface area contributed by atoms with Gasteiger partial charge in [0.05, 0.1) is 6.61 Å². The smallest absolute Gasteiger partial charge is 0.318 e. The molecule has 2 aromatic carbocycles. The Morgan fingerprint density at radius 3 is 2.48 bits per heavy atom. The lowest BCUT2D eigenvalue weighted by Crippen LogP contribution is -2.48. The Balaban J connectivity index is 1.71. The third kappa shape index (κ3) is 7.60. The van der Waals surface area contributed by atoms with Crippen molar-refractivity contribution in [2.24, 2.45) is 5.92 Å². The fourth-order valence-corrected chi connectivity index (χ4v) is 3.93. The summed E-state index contributed by atoms with van der Waals surface area (Å²) < 4.78 is 5.77. The van der Waals surface area contributed by atoms with E-state index in [1.54, 1.807) is 17.0 Å². The van der Waals surface area contributed by atoms with Gasteiger partial charge in [0.2, 0.25) is 0 Å². The van der Waals surface area contributed by atoms with Crippen molar-refractivity contribution in [1.29, 1.82) is 0 Å². The summed E-state index contributed by atoms with van der Waals surface area (Å²) in [7, 11) is 0. The van der Waals surface area contributed by atoms with Crippen molar-refractivity contribution >= 4 is 29.2 Å². The number of amides is 2. The van der Waals surface area contributed by atoms with Gasteiger partial charge in [-0.15, -0.1) is 0 Å². The number of hydrogen-bond acceptors (Lipinski definition) is 3. The van der Waals surface area contributed by atoms with Crippen molar-refractivity contribution in [3.63, 3.8) is 0 Å². The van der Waals surface area contributed by atoms with Crippen molar-refractivity contribution in [1.82, 2.24) is 15.5 Å². The molecular formula is C24H31Cl2N3O2. The third-order valence-electron chi connectivity index (χ3n) is 5.21. The summed E-state index contributed by atoms with van der Waals surface area (Å²) in [6, 6.07) is 13.4. The van der Waals surface area contributed by atoms with Crippen LogP contribution in [0.1, 0.15) is 37.8 Å². The summed E-state index contributed by atoms with van der Waals surface area (Å²) in [6.45, 7) is 7.64. The molecule has 2 amide bonds. The van der Waals surface area contributed by atoms with E-state index in [1.165, 1.54) is 0 Å². The third-order valence-corrected chi connectivity index (χ3v) is 5.80. The minimum atomic E-state index is -0.0851. The van der Waals surface area contributed by atoms with Gasteiger partial charge in [0, 0.05) is 29.2 Å². The molecule has 1 saturated heterocycles. The number of rotatable bonds is 8. The Morgan fingerprint density at radius 2 is 1.84 bits per heavy atom. The molecule has 0 aromatic heterocycles. The first-order chi connectivity index (χ1) is 14.9. The minimum absolute atomic E-state index is 0.0851. The van der Waals surface area contributed by atoms with Crippen molar-refractivity contribution in [2.75, 3.05) is 19.7 Å². The zero-order valence-corrected chi connectivity index (χ0v) is 19.7. The van der Waals surface area contributed by atoms with E-state index in [0.29, 0.717) is 35.7 Å². The number of benzene rings is 2. The first kappa shape index (κ1) is 23.7. The molecule has 0 radical (unpaired) electrons. The van der Waals surface area contributed by atoms with Gasteiger partial charge in [-0.25, -0.2) is 4.79 Å². The van der Waals surface area contributed by atoms with E-state index >= 15 is 0 Å². The Labute approximate surface area is 195 Å². The Bertz CT molecular complexity index is 852. The molecule has 168 valence electrons. The molecule has 1 heterocycles. The summed E-state index contributed by atoms with van der Waals surface area (Å²) in [5.41, 5.74) is 1.89. The van der Waals surface area contributed by atoms with Gasteiger partial charge in [0.1, 0.15) is 5.75 Å². The average molecular weight is 464 g/mol. The molecule has 7 heteroatoms. The highest BCUT2D eigenvalue weighted by Gasteiger charge is 2.21. The molecule has 5 nitrogen and oxygen atoms in total. The van der Waals surface area contributed by atoms with Gasteiger partial charge < -0.3 is 20.3 Å². The number of urea groups is 1. The normalized spacial score (nSPS) is 14.5. The Kier molecular flexibility index (Phi) is 8.88. The summed E-state index contributed by atoms with van der Waals surface area (Å²) in [5, 5.41) is 7.65. The van der Waals surface area contributed by atoms with Crippen molar-refractivity contribution in [3.8, 4) is 5.75 Å². The summed E-state index contributed by atoms with van der Waals surface area (Å²) >= 11 is 12.4. The van der Waals surface area contributed by atoms with Crippen LogP contribution in [0.5, 0.6) is 5.75 Å². The highest BCUT2D eigenvalue weighted by Crippen LogP contribution is 2.24. The SMILES string of the molecule is CC(C)COc1ccc(CN(Cc2ccc(Cl)cc2Cl)C(=O)NC2CCNCC2)cc1. The molecule has 0 spiro atoms. The molecule has 2 aromatic rings. The van der Waals surface area contributed by atoms with E-state index in [9.17, 15) is 4.79 Å². The van der Waals surface area contributed by atoms with Gasteiger partial charge >= 0.3 is 6.03 Å². The predicted molar refractivity (Wildman–Crippen MR) is 127 cm³/mol. The van der Waals surface area contributed by atoms with Gasteiger partial charge in [-0.2, -0.15) is 0 Å². The van der Waals surface area contributed by atoms with Crippen LogP contribution in [0.3, 0.4) is 0 Å². The number of carbonyl (C=O) groups is 1. The molecule has 3 rings (SSSR count). The number of nitrogens with zero attached hydrogens (tertiary/aromatic N) is 1. The molecule has 0 bridgehead atoms. The van der Waals surface area contributed by atoms with E-state index < -0.39 is 0 Å². The second-order valence-electron chi connectivity index (χ2n) is 8.41. The minimum Gasteiger partial charge on any atom is -0.493 e. The molecule has 0 saturated carbocycles. The van der Waals surface area contributed by atoms with E-state index in [4.69, 9.17) is 27.9 Å². The standard InChI is InChI=1S/C24H31Cl2N3O2/c1-17(2)16-31-22-7-3-18(4-8-22)14-29(15-19-5-6-20(25)13-23(19)26)24(30)28-21-9-11-27-12-10-21/h3-8,13,17,21,27H,9-12,14-16H2,1-2H3,(H,28,30). The fourth-order valence-electron chi connectivity index (χ4n) is 3.46. The topological polar surface area (TPSA) is 53.6 Å². The van der Waals surface area contributed by atoms with Gasteiger partial charge in [-0.1, -0.05) is 55.2 Å². The number of halogens is 2. The summed E-state index contributed by atoms with van der Waals surface area (Å²) in [6.07, 6.45) is 1.87. The van der Waals surface area contributed by atoms with Gasteiger partial charge in [0.25, 0.3) is 0 Å². The maximum absolute atomic E-state index is 13.1. The van der Waals surface area contributed by atoms with Gasteiger partial charge in [-0.3, -0.25) is 0 Å². The summed E-state index contributed by atoms with van der Waals surface area (Å²) in [4.78, 5) is 14.9. The number of ether oxygens (including phenoxy) is 1. The maximum atomic E-state index is 13.1. The highest BCUT2D eigenvalue weighted by atomic mass is 35.5. The zero-order valence-electron chi connectivity index (χ0n) is 18.2. The molecule has 0 aliphatic carbocycles. The molecule has 1 aliphatic heterocycles. The molecule has 2 N–H and O–H groups in total. The summed E-state index contributed by atoms with van der Waals surface area (Å²) in [5.74, 6) is 1.31. The number of carbonyl (C=O) groups excluding carboxylic acids is 1. The van der Waals surface area contributed by atoms with Crippen LogP contribution < -0.4 is 15.4 Å². The highest BCUT2D eigenvalue weighted by molar-refractivity contribution is 6.35. The van der Waals surface area contributed by atoms with Crippen LogP contribution in [0.4, 0.5) is 4.79 Å². The lowest BCUT2D eigenvalue weighted by Gasteiger charge is -2.29. The number of piperidine rings is 1. The van der Waals surface area contributed by atoms with Crippen LogP contribution in [0, 0.1) is 5.92 Å². The van der Waals surface area contributed by atoms with Crippen LogP contribution in [0.2, 0.25) is 10.0 Å². The number of hydrogen-bond donors (Lipinski definition) is 2. The van der Waals surface area contributed by atoms with Crippen LogP contribution in [-0.4, -0.2) is 36.7 Å². The van der Waals surface area contributed by atoms with E-state index in [1.807, 2.05) is 30.3 Å². The van der Waals surface area contributed by atoms with Gasteiger partial charge in [-0.05, 0) is 67.2 Å². The molecular weight excluding hydrogens is 433 g/mol. The van der Waals surface area contributed by atoms with Crippen molar-refractivity contribution in [2.45, 2.75) is 45.8 Å². The van der Waals surface area contributed by atoms with Crippen molar-refractivity contribution < 1.29 is 9.53 Å². The Morgan fingerprint density at radius 1 is 1.13 bits per heavy atom. The Hall–Kier alpha value is -1.95. The van der Waals surface area contributed by atoms with E-state index in [-0.39, 0.29) is 12.1 Å². The van der Waals surface area contributed by atoms with Crippen LogP contribution in [0.25, 0.3) is 0 Å². The quantitative estimate of drug-likeness (QED) is 0.543. The fraction of sp³-hybridized carbons (Fsp3) is 0.458. The lowest BCUT2D eigenvalue weighted by atomic mass is 10.1. The maximum Gasteiger partial charge on any atom is 0.318 e. The second kappa shape index (κ2) is 11.6. The molecule has 31 heavy (non-hydrogen) atoms. The molecule has 1 fully saturated rings. The second-order valence-corrected chi connectivity index (χ2v) is 9.26. The molecule has 0 unspecified atom stereocenters. The molecule has 1 aliphatic rings. The monoisotopic (exact) mass is 463 g/mol. The average Bonchev–Trinajstić information content (AvgIpc) is 2.75. The zero-order chi connectivity index (χ0) is 22.2.